The van der Waals surface area contributed by atoms with Crippen molar-refractivity contribution < 1.29 is 19.1 Å². The van der Waals surface area contributed by atoms with Crippen LogP contribution in [0.25, 0.3) is 0 Å². The van der Waals surface area contributed by atoms with E-state index in [1.54, 1.807) is 24.3 Å². The molecule has 1 fully saturated rings. The summed E-state index contributed by atoms with van der Waals surface area (Å²) in [7, 11) is 0. The maximum absolute atomic E-state index is 14.6. The molecule has 1 aliphatic rings. The number of nitrogens with zero attached hydrogens (tertiary/aromatic N) is 2. The van der Waals surface area contributed by atoms with Gasteiger partial charge in [-0.2, -0.15) is 0 Å². The van der Waals surface area contributed by atoms with Gasteiger partial charge in [0.1, 0.15) is 18.6 Å². The lowest BCUT2D eigenvalue weighted by Crippen LogP contribution is -2.44. The molecule has 0 spiro atoms. The van der Waals surface area contributed by atoms with E-state index >= 15 is 0 Å². The van der Waals surface area contributed by atoms with E-state index in [1.165, 1.54) is 11.1 Å². The molecule has 0 radical (unpaired) electrons. The van der Waals surface area contributed by atoms with E-state index in [0.29, 0.717) is 25.1 Å². The van der Waals surface area contributed by atoms with E-state index in [1.807, 2.05) is 91.9 Å². The molecule has 236 valence electrons. The largest absolute Gasteiger partial charge is 0.446 e. The van der Waals surface area contributed by atoms with Crippen LogP contribution in [0.2, 0.25) is 0 Å². The van der Waals surface area contributed by atoms with Crippen LogP contribution in [-0.2, 0) is 22.6 Å². The second-order valence-electron chi connectivity index (χ2n) is 11.9. The first-order valence-electron chi connectivity index (χ1n) is 16.1. The molecule has 6 heteroatoms. The topological polar surface area (TPSA) is 66.9 Å². The molecule has 2 amide bonds. The molecule has 6 nitrogen and oxygen atoms in total. The van der Waals surface area contributed by atoms with Gasteiger partial charge in [0.25, 0.3) is 0 Å². The Morgan fingerprint density at radius 1 is 0.745 bits per heavy atom. The summed E-state index contributed by atoms with van der Waals surface area (Å²) in [5.41, 5.74) is 5.40. The van der Waals surface area contributed by atoms with Crippen molar-refractivity contribution in [2.75, 3.05) is 11.5 Å². The van der Waals surface area contributed by atoms with Gasteiger partial charge in [0.2, 0.25) is 5.91 Å². The van der Waals surface area contributed by atoms with Crippen LogP contribution >= 0.6 is 0 Å². The van der Waals surface area contributed by atoms with Gasteiger partial charge in [-0.05, 0) is 40.8 Å². The molecule has 3 atom stereocenters. The van der Waals surface area contributed by atoms with Crippen LogP contribution in [0.4, 0.5) is 10.5 Å². The zero-order valence-electron chi connectivity index (χ0n) is 26.4. The maximum Gasteiger partial charge on any atom is 0.417 e. The molecule has 0 aliphatic carbocycles. The number of hydrogen-bond acceptors (Lipinski definition) is 5. The van der Waals surface area contributed by atoms with Crippen molar-refractivity contribution in [1.29, 1.82) is 0 Å². The van der Waals surface area contributed by atoms with Crippen molar-refractivity contribution in [2.24, 2.45) is 5.92 Å². The first kappa shape index (κ1) is 31.5. The van der Waals surface area contributed by atoms with Gasteiger partial charge in [0, 0.05) is 30.3 Å². The average Bonchev–Trinajstić information content (AvgIpc) is 3.52. The van der Waals surface area contributed by atoms with Gasteiger partial charge in [0.05, 0.1) is 0 Å². The lowest BCUT2D eigenvalue weighted by atomic mass is 9.78. The SMILES string of the molecule is CC[C@@H](c1cccc(N(Cc2ccccc2)Cc2ccccc2)c1)[C@@H](C(=O)c1ccccc1)C(=O)N1C(=O)OC[C@@H]1c1ccccc1. The van der Waals surface area contributed by atoms with Crippen LogP contribution in [0.5, 0.6) is 0 Å². The summed E-state index contributed by atoms with van der Waals surface area (Å²) >= 11 is 0. The molecule has 1 aliphatic heterocycles. The van der Waals surface area contributed by atoms with Gasteiger partial charge in [-0.3, -0.25) is 9.59 Å². The number of rotatable bonds is 12. The molecule has 1 heterocycles. The van der Waals surface area contributed by atoms with Crippen molar-refractivity contribution >= 4 is 23.5 Å². The Morgan fingerprint density at radius 3 is 1.87 bits per heavy atom. The van der Waals surface area contributed by atoms with Crippen molar-refractivity contribution in [3.8, 4) is 0 Å². The first-order valence-corrected chi connectivity index (χ1v) is 16.1. The Kier molecular flexibility index (Phi) is 9.87. The molecule has 0 unspecified atom stereocenters. The van der Waals surface area contributed by atoms with Gasteiger partial charge in [-0.15, -0.1) is 0 Å². The number of hydrogen-bond donors (Lipinski definition) is 0. The quantitative estimate of drug-likeness (QED) is 0.103. The third kappa shape index (κ3) is 7.17. The van der Waals surface area contributed by atoms with Gasteiger partial charge >= 0.3 is 6.09 Å². The van der Waals surface area contributed by atoms with Crippen LogP contribution in [0.15, 0.2) is 146 Å². The molecular weight excluding hydrogens is 584 g/mol. The molecule has 5 aromatic rings. The summed E-state index contributed by atoms with van der Waals surface area (Å²) in [6, 6.07) is 46.4. The Labute approximate surface area is 276 Å². The Morgan fingerprint density at radius 2 is 1.30 bits per heavy atom. The van der Waals surface area contributed by atoms with Gasteiger partial charge in [-0.1, -0.05) is 140 Å². The lowest BCUT2D eigenvalue weighted by Gasteiger charge is -2.31. The standard InChI is InChI=1S/C41H38N2O4/c1-2-36(34-24-15-25-35(26-34)42(27-30-16-7-3-8-17-30)28-31-18-9-4-10-19-31)38(39(44)33-22-13-6-14-23-33)40(45)43-37(29-47-41(43)46)32-20-11-5-12-21-32/h3-26,36-38H,2,27-29H2,1H3/t36-,37+,38-/m0/s1. The van der Waals surface area contributed by atoms with Crippen LogP contribution < -0.4 is 4.90 Å². The smallest absolute Gasteiger partial charge is 0.417 e. The third-order valence-corrected chi connectivity index (χ3v) is 8.84. The summed E-state index contributed by atoms with van der Waals surface area (Å²) in [4.78, 5) is 45.6. The summed E-state index contributed by atoms with van der Waals surface area (Å²) in [5.74, 6) is -2.48. The number of cyclic esters (lactones) is 1. The zero-order chi connectivity index (χ0) is 32.6. The summed E-state index contributed by atoms with van der Waals surface area (Å²) in [6.45, 7) is 3.39. The predicted octanol–water partition coefficient (Wildman–Crippen LogP) is 8.61. The van der Waals surface area contributed by atoms with E-state index in [-0.39, 0.29) is 12.4 Å². The van der Waals surface area contributed by atoms with Crippen LogP contribution in [0, 0.1) is 5.92 Å². The predicted molar refractivity (Wildman–Crippen MR) is 184 cm³/mol. The molecule has 47 heavy (non-hydrogen) atoms. The van der Waals surface area contributed by atoms with Gasteiger partial charge in [-0.25, -0.2) is 9.69 Å². The molecular formula is C41H38N2O4. The van der Waals surface area contributed by atoms with Crippen LogP contribution in [-0.4, -0.2) is 29.3 Å². The minimum atomic E-state index is -1.13. The number of Topliss-reactive ketones (excluding diaryl/α,β-unsaturated/α-hetero) is 1. The molecule has 6 rings (SSSR count). The number of imide groups is 1. The number of carbonyl (C=O) groups is 3. The lowest BCUT2D eigenvalue weighted by molar-refractivity contribution is -0.132. The van der Waals surface area contributed by atoms with E-state index in [0.717, 1.165) is 21.7 Å². The fraction of sp³-hybridized carbons (Fsp3) is 0.195. The molecule has 1 saturated heterocycles. The van der Waals surface area contributed by atoms with Crippen molar-refractivity contribution in [3.05, 3.63) is 173 Å². The van der Waals surface area contributed by atoms with E-state index in [9.17, 15) is 14.4 Å². The third-order valence-electron chi connectivity index (χ3n) is 8.84. The zero-order valence-corrected chi connectivity index (χ0v) is 26.4. The second kappa shape index (κ2) is 14.7. The van der Waals surface area contributed by atoms with Crippen LogP contribution in [0.3, 0.4) is 0 Å². The highest BCUT2D eigenvalue weighted by Gasteiger charge is 2.46. The van der Waals surface area contributed by atoms with Gasteiger partial charge in [0.15, 0.2) is 5.78 Å². The molecule has 0 aromatic heterocycles. The minimum absolute atomic E-state index is 0.0427. The van der Waals surface area contributed by atoms with E-state index in [2.05, 4.69) is 41.3 Å². The van der Waals surface area contributed by atoms with Crippen LogP contribution in [0.1, 0.15) is 57.9 Å². The normalized spacial score (nSPS) is 15.5. The number of anilines is 1. The second-order valence-corrected chi connectivity index (χ2v) is 11.9. The molecule has 5 aromatic carbocycles. The van der Waals surface area contributed by atoms with Crippen molar-refractivity contribution in [1.82, 2.24) is 4.90 Å². The minimum Gasteiger partial charge on any atom is -0.446 e. The Hall–Kier alpha value is -5.49. The molecule has 0 bridgehead atoms. The number of amides is 2. The summed E-state index contributed by atoms with van der Waals surface area (Å²) in [5, 5.41) is 0. The highest BCUT2D eigenvalue weighted by atomic mass is 16.6. The highest BCUT2D eigenvalue weighted by molar-refractivity contribution is 6.13. The molecule has 0 saturated carbocycles. The average molecular weight is 623 g/mol. The molecule has 0 N–H and O–H groups in total. The number of ether oxygens (including phenoxy) is 1. The Bertz CT molecular complexity index is 1750. The monoisotopic (exact) mass is 622 g/mol. The maximum atomic E-state index is 14.6. The fourth-order valence-electron chi connectivity index (χ4n) is 6.45. The Balaban J connectivity index is 1.39. The number of ketones is 1. The van der Waals surface area contributed by atoms with E-state index < -0.39 is 29.9 Å². The van der Waals surface area contributed by atoms with E-state index in [4.69, 9.17) is 4.74 Å². The highest BCUT2D eigenvalue weighted by Crippen LogP contribution is 2.38. The van der Waals surface area contributed by atoms with Gasteiger partial charge < -0.3 is 9.64 Å². The first-order chi connectivity index (χ1) is 23.0. The number of benzene rings is 5. The summed E-state index contributed by atoms with van der Waals surface area (Å²) in [6.07, 6.45) is -0.218. The number of carbonyl (C=O) groups excluding carboxylic acids is 3. The van der Waals surface area contributed by atoms with Crippen molar-refractivity contribution in [2.45, 2.75) is 38.4 Å². The van der Waals surface area contributed by atoms with Crippen molar-refractivity contribution in [3.63, 3.8) is 0 Å². The fourth-order valence-corrected chi connectivity index (χ4v) is 6.45. The summed E-state index contributed by atoms with van der Waals surface area (Å²) < 4.78 is 5.42.